The summed E-state index contributed by atoms with van der Waals surface area (Å²) in [5.41, 5.74) is 3.05. The zero-order valence-electron chi connectivity index (χ0n) is 12.7. The molecule has 0 unspecified atom stereocenters. The van der Waals surface area contributed by atoms with Crippen molar-refractivity contribution in [2.45, 2.75) is 52.6 Å². The molecule has 3 nitrogen and oxygen atoms in total. The van der Waals surface area contributed by atoms with Gasteiger partial charge in [-0.3, -0.25) is 4.68 Å². The largest absolute Gasteiger partial charge is 0.311 e. The van der Waals surface area contributed by atoms with Crippen LogP contribution in [0.15, 0.2) is 24.3 Å². The van der Waals surface area contributed by atoms with Crippen LogP contribution in [-0.2, 0) is 13.1 Å². The highest BCUT2D eigenvalue weighted by molar-refractivity contribution is 5.81. The van der Waals surface area contributed by atoms with Crippen LogP contribution in [0.1, 0.15) is 45.2 Å². The first-order valence-electron chi connectivity index (χ1n) is 7.93. The summed E-state index contributed by atoms with van der Waals surface area (Å²) in [5, 5.41) is 9.68. The molecular formula is C17H25N3. The van der Waals surface area contributed by atoms with Gasteiger partial charge in [0.05, 0.1) is 11.2 Å². The molecule has 2 aromatic rings. The third kappa shape index (κ3) is 2.59. The Balaban J connectivity index is 1.69. The van der Waals surface area contributed by atoms with Gasteiger partial charge in [-0.15, -0.1) is 0 Å². The third-order valence-electron chi connectivity index (χ3n) is 4.56. The van der Waals surface area contributed by atoms with Crippen molar-refractivity contribution in [3.8, 4) is 0 Å². The Morgan fingerprint density at radius 3 is 2.75 bits per heavy atom. The second-order valence-corrected chi connectivity index (χ2v) is 6.13. The molecule has 0 aliphatic heterocycles. The number of benzene rings is 1. The lowest BCUT2D eigenvalue weighted by Crippen LogP contribution is -2.23. The maximum atomic E-state index is 4.75. The van der Waals surface area contributed by atoms with Gasteiger partial charge >= 0.3 is 0 Å². The van der Waals surface area contributed by atoms with E-state index in [9.17, 15) is 0 Å². The number of aromatic nitrogens is 2. The molecule has 0 bridgehead atoms. The Morgan fingerprint density at radius 1 is 1.25 bits per heavy atom. The lowest BCUT2D eigenvalue weighted by atomic mass is 10.0. The van der Waals surface area contributed by atoms with E-state index in [1.165, 1.54) is 42.3 Å². The minimum atomic E-state index is 0.609. The number of rotatable bonds is 7. The number of fused-ring (bicyclic) bond motifs is 1. The number of nitrogens with one attached hydrogen (secondary N) is 1. The molecule has 1 N–H and O–H groups in total. The molecule has 1 saturated carbocycles. The SMILES string of the molecule is CCCC1(CNCc2nn(CC)c3ccccc23)CC1. The molecular weight excluding hydrogens is 246 g/mol. The molecule has 0 spiro atoms. The van der Waals surface area contributed by atoms with Crippen molar-refractivity contribution in [2.24, 2.45) is 5.41 Å². The van der Waals surface area contributed by atoms with E-state index >= 15 is 0 Å². The molecule has 20 heavy (non-hydrogen) atoms. The Kier molecular flexibility index (Phi) is 3.79. The van der Waals surface area contributed by atoms with Gasteiger partial charge in [0, 0.05) is 25.0 Å². The first kappa shape index (κ1) is 13.6. The molecule has 0 amide bonds. The van der Waals surface area contributed by atoms with Crippen LogP contribution < -0.4 is 5.32 Å². The van der Waals surface area contributed by atoms with Crippen LogP contribution in [0.3, 0.4) is 0 Å². The molecule has 1 aromatic carbocycles. The van der Waals surface area contributed by atoms with Crippen LogP contribution >= 0.6 is 0 Å². The Bertz CT molecular complexity index is 581. The average Bonchev–Trinajstić information content (AvgIpc) is 3.13. The molecule has 3 rings (SSSR count). The van der Waals surface area contributed by atoms with Crippen molar-refractivity contribution in [3.63, 3.8) is 0 Å². The van der Waals surface area contributed by atoms with Crippen molar-refractivity contribution in [3.05, 3.63) is 30.0 Å². The standard InChI is InChI=1S/C17H25N3/c1-3-9-17(10-11-17)13-18-12-15-14-7-5-6-8-16(14)20(4-2)19-15/h5-8,18H,3-4,9-13H2,1-2H3. The smallest absolute Gasteiger partial charge is 0.0841 e. The summed E-state index contributed by atoms with van der Waals surface area (Å²) in [4.78, 5) is 0. The number of para-hydroxylation sites is 1. The quantitative estimate of drug-likeness (QED) is 0.831. The van der Waals surface area contributed by atoms with E-state index in [-0.39, 0.29) is 0 Å². The van der Waals surface area contributed by atoms with Crippen molar-refractivity contribution in [2.75, 3.05) is 6.54 Å². The molecule has 1 aliphatic carbocycles. The van der Waals surface area contributed by atoms with E-state index in [0.717, 1.165) is 19.6 Å². The molecule has 3 heteroatoms. The van der Waals surface area contributed by atoms with Gasteiger partial charge in [0.2, 0.25) is 0 Å². The van der Waals surface area contributed by atoms with Crippen molar-refractivity contribution in [1.82, 2.24) is 15.1 Å². The number of aryl methyl sites for hydroxylation is 1. The summed E-state index contributed by atoms with van der Waals surface area (Å²) in [6.07, 6.45) is 5.47. The zero-order valence-corrected chi connectivity index (χ0v) is 12.7. The summed E-state index contributed by atoms with van der Waals surface area (Å²) in [6.45, 7) is 7.40. The van der Waals surface area contributed by atoms with Gasteiger partial charge in [-0.2, -0.15) is 5.10 Å². The van der Waals surface area contributed by atoms with E-state index in [0.29, 0.717) is 5.41 Å². The Morgan fingerprint density at radius 2 is 2.05 bits per heavy atom. The third-order valence-corrected chi connectivity index (χ3v) is 4.56. The van der Waals surface area contributed by atoms with E-state index in [2.05, 4.69) is 48.1 Å². The summed E-state index contributed by atoms with van der Waals surface area (Å²) in [6, 6.07) is 8.54. The minimum Gasteiger partial charge on any atom is -0.311 e. The summed E-state index contributed by atoms with van der Waals surface area (Å²) in [7, 11) is 0. The fourth-order valence-electron chi connectivity index (χ4n) is 3.24. The van der Waals surface area contributed by atoms with Crippen LogP contribution in [0.2, 0.25) is 0 Å². The predicted octanol–water partition coefficient (Wildman–Crippen LogP) is 3.73. The molecule has 0 atom stereocenters. The van der Waals surface area contributed by atoms with Gasteiger partial charge in [0.25, 0.3) is 0 Å². The molecule has 1 aliphatic rings. The van der Waals surface area contributed by atoms with Crippen molar-refractivity contribution in [1.29, 1.82) is 0 Å². The van der Waals surface area contributed by atoms with E-state index in [1.807, 2.05) is 0 Å². The van der Waals surface area contributed by atoms with Gasteiger partial charge in [0.1, 0.15) is 0 Å². The summed E-state index contributed by atoms with van der Waals surface area (Å²) in [5.74, 6) is 0. The van der Waals surface area contributed by atoms with Crippen LogP contribution in [0.4, 0.5) is 0 Å². The molecule has 0 saturated heterocycles. The van der Waals surface area contributed by atoms with Crippen LogP contribution in [0.25, 0.3) is 10.9 Å². The number of hydrogen-bond acceptors (Lipinski definition) is 2. The molecule has 0 radical (unpaired) electrons. The Hall–Kier alpha value is -1.35. The molecule has 1 heterocycles. The second kappa shape index (κ2) is 5.57. The average molecular weight is 271 g/mol. The van der Waals surface area contributed by atoms with Crippen LogP contribution in [-0.4, -0.2) is 16.3 Å². The van der Waals surface area contributed by atoms with Crippen LogP contribution in [0, 0.1) is 5.41 Å². The maximum Gasteiger partial charge on any atom is 0.0841 e. The molecule has 1 aromatic heterocycles. The zero-order chi connectivity index (χ0) is 14.0. The first-order valence-corrected chi connectivity index (χ1v) is 7.93. The van der Waals surface area contributed by atoms with Gasteiger partial charge in [0.15, 0.2) is 0 Å². The van der Waals surface area contributed by atoms with Crippen LogP contribution in [0.5, 0.6) is 0 Å². The monoisotopic (exact) mass is 271 g/mol. The molecule has 1 fully saturated rings. The van der Waals surface area contributed by atoms with E-state index in [4.69, 9.17) is 5.10 Å². The highest BCUT2D eigenvalue weighted by atomic mass is 15.3. The number of nitrogens with zero attached hydrogens (tertiary/aromatic N) is 2. The van der Waals surface area contributed by atoms with Crippen molar-refractivity contribution < 1.29 is 0 Å². The van der Waals surface area contributed by atoms with E-state index in [1.54, 1.807) is 0 Å². The van der Waals surface area contributed by atoms with Gasteiger partial charge in [-0.1, -0.05) is 31.5 Å². The summed E-state index contributed by atoms with van der Waals surface area (Å²) >= 11 is 0. The predicted molar refractivity (Wildman–Crippen MR) is 83.7 cm³/mol. The fourth-order valence-corrected chi connectivity index (χ4v) is 3.24. The second-order valence-electron chi connectivity index (χ2n) is 6.13. The molecule has 108 valence electrons. The van der Waals surface area contributed by atoms with Gasteiger partial charge in [-0.05, 0) is 37.7 Å². The lowest BCUT2D eigenvalue weighted by Gasteiger charge is -2.14. The lowest BCUT2D eigenvalue weighted by molar-refractivity contribution is 0.419. The van der Waals surface area contributed by atoms with E-state index < -0.39 is 0 Å². The topological polar surface area (TPSA) is 29.9 Å². The van der Waals surface area contributed by atoms with Gasteiger partial charge < -0.3 is 5.32 Å². The highest BCUT2D eigenvalue weighted by Gasteiger charge is 2.40. The minimum absolute atomic E-state index is 0.609. The van der Waals surface area contributed by atoms with Gasteiger partial charge in [-0.25, -0.2) is 0 Å². The van der Waals surface area contributed by atoms with Crippen molar-refractivity contribution >= 4 is 10.9 Å². The fraction of sp³-hybridized carbons (Fsp3) is 0.588. The highest BCUT2D eigenvalue weighted by Crippen LogP contribution is 2.48. The number of hydrogen-bond donors (Lipinski definition) is 1. The Labute approximate surface area is 121 Å². The maximum absolute atomic E-state index is 4.75. The normalized spacial score (nSPS) is 16.7. The first-order chi connectivity index (χ1) is 9.78. The summed E-state index contributed by atoms with van der Waals surface area (Å²) < 4.78 is 2.10.